The zero-order valence-electron chi connectivity index (χ0n) is 8.48. The Balaban J connectivity index is 1.91. The molecule has 2 aliphatic rings. The summed E-state index contributed by atoms with van der Waals surface area (Å²) in [5.41, 5.74) is 11.3. The van der Waals surface area contributed by atoms with Crippen LogP contribution in [0.3, 0.4) is 0 Å². The van der Waals surface area contributed by atoms with Gasteiger partial charge in [0.1, 0.15) is 0 Å². The number of amides is 1. The number of hydrogen-bond donors (Lipinski definition) is 2. The summed E-state index contributed by atoms with van der Waals surface area (Å²) in [6.07, 6.45) is 4.46. The zero-order chi connectivity index (χ0) is 10.1. The topological polar surface area (TPSA) is 72.4 Å². The minimum Gasteiger partial charge on any atom is -0.369 e. The number of carbonyl (C=O) groups is 1. The van der Waals surface area contributed by atoms with Gasteiger partial charge in [-0.05, 0) is 25.8 Å². The van der Waals surface area contributed by atoms with Gasteiger partial charge in [-0.2, -0.15) is 0 Å². The third-order valence-electron chi connectivity index (χ3n) is 3.62. The quantitative estimate of drug-likeness (QED) is 0.637. The maximum atomic E-state index is 11.0. The fourth-order valence-electron chi connectivity index (χ4n) is 2.74. The largest absolute Gasteiger partial charge is 0.369 e. The number of nitrogens with two attached hydrogens (primary N) is 2. The summed E-state index contributed by atoms with van der Waals surface area (Å²) in [6, 6.07) is 0.806. The molecule has 1 aliphatic heterocycles. The molecule has 4 heteroatoms. The summed E-state index contributed by atoms with van der Waals surface area (Å²) >= 11 is 0. The van der Waals surface area contributed by atoms with E-state index in [1.807, 2.05) is 0 Å². The van der Waals surface area contributed by atoms with Crippen molar-refractivity contribution >= 4 is 5.91 Å². The first kappa shape index (κ1) is 9.93. The molecule has 3 atom stereocenters. The molecule has 4 N–H and O–H groups in total. The van der Waals surface area contributed by atoms with Gasteiger partial charge < -0.3 is 11.5 Å². The van der Waals surface area contributed by atoms with Gasteiger partial charge in [-0.3, -0.25) is 9.69 Å². The van der Waals surface area contributed by atoms with Crippen LogP contribution in [0.1, 0.15) is 25.7 Å². The van der Waals surface area contributed by atoms with E-state index in [2.05, 4.69) is 4.90 Å². The molecule has 0 aromatic heterocycles. The molecule has 2 rings (SSSR count). The summed E-state index contributed by atoms with van der Waals surface area (Å²) in [5, 5.41) is 0. The van der Waals surface area contributed by atoms with Crippen LogP contribution in [0.15, 0.2) is 0 Å². The van der Waals surface area contributed by atoms with Gasteiger partial charge >= 0.3 is 0 Å². The van der Waals surface area contributed by atoms with E-state index in [-0.39, 0.29) is 11.8 Å². The monoisotopic (exact) mass is 197 g/mol. The predicted octanol–water partition coefficient (Wildman–Crippen LogP) is -0.327. The first-order valence-electron chi connectivity index (χ1n) is 5.47. The lowest BCUT2D eigenvalue weighted by atomic mass is 10.1. The number of hydrogen-bond acceptors (Lipinski definition) is 3. The number of carbonyl (C=O) groups excluding carboxylic acids is 1. The summed E-state index contributed by atoms with van der Waals surface area (Å²) in [5.74, 6) is -0.0955. The molecule has 0 radical (unpaired) electrons. The SMILES string of the molecule is NC(=O)C1CCN(C2CCCC2N)C1. The highest BCUT2D eigenvalue weighted by Gasteiger charge is 2.35. The molecule has 0 bridgehead atoms. The van der Waals surface area contributed by atoms with Crippen molar-refractivity contribution in [3.8, 4) is 0 Å². The van der Waals surface area contributed by atoms with Crippen LogP contribution in [-0.2, 0) is 4.79 Å². The summed E-state index contributed by atoms with van der Waals surface area (Å²) < 4.78 is 0. The molecule has 2 fully saturated rings. The first-order chi connectivity index (χ1) is 6.68. The molecule has 1 saturated carbocycles. The molecule has 1 amide bonds. The summed E-state index contributed by atoms with van der Waals surface area (Å²) in [7, 11) is 0. The second-order valence-electron chi connectivity index (χ2n) is 4.55. The van der Waals surface area contributed by atoms with Crippen LogP contribution in [0.5, 0.6) is 0 Å². The van der Waals surface area contributed by atoms with Gasteiger partial charge in [0, 0.05) is 18.6 Å². The van der Waals surface area contributed by atoms with E-state index >= 15 is 0 Å². The molecule has 1 saturated heterocycles. The molecule has 14 heavy (non-hydrogen) atoms. The van der Waals surface area contributed by atoms with Crippen molar-refractivity contribution < 1.29 is 4.79 Å². The highest BCUT2D eigenvalue weighted by Crippen LogP contribution is 2.27. The van der Waals surface area contributed by atoms with Crippen molar-refractivity contribution in [2.75, 3.05) is 13.1 Å². The molecular formula is C10H19N3O. The average Bonchev–Trinajstić information content (AvgIpc) is 2.71. The van der Waals surface area contributed by atoms with Gasteiger partial charge in [-0.15, -0.1) is 0 Å². The summed E-state index contributed by atoms with van der Waals surface area (Å²) in [4.78, 5) is 13.4. The van der Waals surface area contributed by atoms with E-state index in [0.717, 1.165) is 25.9 Å². The Bertz CT molecular complexity index is 231. The maximum absolute atomic E-state index is 11.0. The second-order valence-corrected chi connectivity index (χ2v) is 4.55. The van der Waals surface area contributed by atoms with Crippen molar-refractivity contribution in [2.45, 2.75) is 37.8 Å². The van der Waals surface area contributed by atoms with E-state index in [9.17, 15) is 4.79 Å². The maximum Gasteiger partial charge on any atom is 0.221 e. The molecule has 0 spiro atoms. The third kappa shape index (κ3) is 1.77. The second kappa shape index (κ2) is 3.87. The molecule has 0 aromatic carbocycles. The van der Waals surface area contributed by atoms with Crippen molar-refractivity contribution in [2.24, 2.45) is 17.4 Å². The van der Waals surface area contributed by atoms with Gasteiger partial charge in [0.25, 0.3) is 0 Å². The first-order valence-corrected chi connectivity index (χ1v) is 5.47. The number of likely N-dealkylation sites (tertiary alicyclic amines) is 1. The van der Waals surface area contributed by atoms with Gasteiger partial charge in [-0.1, -0.05) is 6.42 Å². The standard InChI is InChI=1S/C10H19N3O/c11-8-2-1-3-9(8)13-5-4-7(6-13)10(12)14/h7-9H,1-6,11H2,(H2,12,14). The van der Waals surface area contributed by atoms with Gasteiger partial charge in [-0.25, -0.2) is 0 Å². The lowest BCUT2D eigenvalue weighted by Gasteiger charge is -2.27. The fourth-order valence-corrected chi connectivity index (χ4v) is 2.74. The van der Waals surface area contributed by atoms with Crippen molar-refractivity contribution in [3.05, 3.63) is 0 Å². The molecular weight excluding hydrogens is 178 g/mol. The van der Waals surface area contributed by atoms with E-state index in [1.165, 1.54) is 12.8 Å². The van der Waals surface area contributed by atoms with Crippen LogP contribution in [-0.4, -0.2) is 36.0 Å². The molecule has 0 aromatic rings. The molecule has 1 aliphatic carbocycles. The van der Waals surface area contributed by atoms with Crippen LogP contribution in [0.4, 0.5) is 0 Å². The lowest BCUT2D eigenvalue weighted by molar-refractivity contribution is -0.121. The molecule has 4 nitrogen and oxygen atoms in total. The Morgan fingerprint density at radius 3 is 2.57 bits per heavy atom. The van der Waals surface area contributed by atoms with Gasteiger partial charge in [0.05, 0.1) is 5.92 Å². The van der Waals surface area contributed by atoms with Gasteiger partial charge in [0.15, 0.2) is 0 Å². The van der Waals surface area contributed by atoms with Crippen molar-refractivity contribution in [1.29, 1.82) is 0 Å². The fraction of sp³-hybridized carbons (Fsp3) is 0.900. The lowest BCUT2D eigenvalue weighted by Crippen LogP contribution is -2.43. The zero-order valence-corrected chi connectivity index (χ0v) is 8.48. The Morgan fingerprint density at radius 1 is 1.29 bits per heavy atom. The molecule has 80 valence electrons. The smallest absolute Gasteiger partial charge is 0.221 e. The highest BCUT2D eigenvalue weighted by molar-refractivity contribution is 5.77. The van der Waals surface area contributed by atoms with Crippen LogP contribution < -0.4 is 11.5 Å². The Hall–Kier alpha value is -0.610. The Morgan fingerprint density at radius 2 is 2.07 bits per heavy atom. The number of primary amides is 1. The molecule has 1 heterocycles. The van der Waals surface area contributed by atoms with Gasteiger partial charge in [0.2, 0.25) is 5.91 Å². The Kier molecular flexibility index (Phi) is 2.74. The Labute approximate surface area is 84.6 Å². The highest BCUT2D eigenvalue weighted by atomic mass is 16.1. The number of rotatable bonds is 2. The van der Waals surface area contributed by atoms with E-state index in [0.29, 0.717) is 12.1 Å². The van der Waals surface area contributed by atoms with Crippen LogP contribution >= 0.6 is 0 Å². The minimum atomic E-state index is -0.154. The molecule has 3 unspecified atom stereocenters. The summed E-state index contributed by atoms with van der Waals surface area (Å²) in [6.45, 7) is 1.82. The van der Waals surface area contributed by atoms with E-state index in [4.69, 9.17) is 11.5 Å². The number of nitrogens with zero attached hydrogens (tertiary/aromatic N) is 1. The van der Waals surface area contributed by atoms with Crippen LogP contribution in [0, 0.1) is 5.92 Å². The normalized spacial score (nSPS) is 39.1. The van der Waals surface area contributed by atoms with E-state index in [1.54, 1.807) is 0 Å². The van der Waals surface area contributed by atoms with Crippen LogP contribution in [0.2, 0.25) is 0 Å². The third-order valence-corrected chi connectivity index (χ3v) is 3.62. The van der Waals surface area contributed by atoms with Crippen molar-refractivity contribution in [3.63, 3.8) is 0 Å². The van der Waals surface area contributed by atoms with Crippen LogP contribution in [0.25, 0.3) is 0 Å². The van der Waals surface area contributed by atoms with E-state index < -0.39 is 0 Å². The average molecular weight is 197 g/mol. The van der Waals surface area contributed by atoms with Crippen molar-refractivity contribution in [1.82, 2.24) is 4.90 Å². The minimum absolute atomic E-state index is 0.0581. The predicted molar refractivity (Wildman–Crippen MR) is 54.5 cm³/mol.